The van der Waals surface area contributed by atoms with Crippen molar-refractivity contribution in [3.05, 3.63) is 29.9 Å². The minimum atomic E-state index is -0.180. The fraction of sp³-hybridized carbons (Fsp3) is 0.471. The molecule has 3 aromatic rings. The Morgan fingerprint density at radius 3 is 2.79 bits per heavy atom. The largest absolute Gasteiger partial charge is 0.418 e. The summed E-state index contributed by atoms with van der Waals surface area (Å²) in [5, 5.41) is 8.39. The van der Waals surface area contributed by atoms with Crippen LogP contribution in [0.15, 0.2) is 22.6 Å². The van der Waals surface area contributed by atoms with E-state index in [0.29, 0.717) is 11.8 Å². The van der Waals surface area contributed by atoms with Crippen molar-refractivity contribution in [2.45, 2.75) is 26.1 Å². The van der Waals surface area contributed by atoms with Gasteiger partial charge in [0.15, 0.2) is 0 Å². The van der Waals surface area contributed by atoms with Gasteiger partial charge in [-0.3, -0.25) is 0 Å². The highest BCUT2D eigenvalue weighted by Gasteiger charge is 2.28. The second-order valence-corrected chi connectivity index (χ2v) is 6.52. The molecule has 0 saturated carbocycles. The average Bonchev–Trinajstić information content (AvgIpc) is 3.12. The van der Waals surface area contributed by atoms with Crippen LogP contribution in [-0.4, -0.2) is 50.9 Å². The SMILES string of the molecule is Cc1nc2cc(-c3nnc([C@H]4CN(C)C[C@@H](C)O4)o3)ccc2n1C. The first kappa shape index (κ1) is 15.3. The molecule has 1 aliphatic rings. The minimum absolute atomic E-state index is 0.150. The van der Waals surface area contributed by atoms with Gasteiger partial charge in [-0.05, 0) is 39.1 Å². The van der Waals surface area contributed by atoms with E-state index >= 15 is 0 Å². The molecule has 7 heteroatoms. The number of morpholine rings is 1. The highest BCUT2D eigenvalue weighted by atomic mass is 16.5. The molecule has 0 unspecified atom stereocenters. The standard InChI is InChI=1S/C17H21N5O2/c1-10-8-21(3)9-15(23-10)17-20-19-16(24-17)12-5-6-14-13(7-12)18-11(2)22(14)4/h5-7,10,15H,8-9H2,1-4H3/t10-,15-/m1/s1. The number of imidazole rings is 1. The van der Waals surface area contributed by atoms with Gasteiger partial charge < -0.3 is 18.6 Å². The fourth-order valence-electron chi connectivity index (χ4n) is 3.23. The molecule has 1 aliphatic heterocycles. The Bertz CT molecular complexity index is 874. The second kappa shape index (κ2) is 5.68. The third kappa shape index (κ3) is 2.59. The quantitative estimate of drug-likeness (QED) is 0.719. The molecule has 2 aromatic heterocycles. The first-order valence-corrected chi connectivity index (χ1v) is 8.12. The van der Waals surface area contributed by atoms with E-state index in [4.69, 9.17) is 9.15 Å². The van der Waals surface area contributed by atoms with Crippen LogP contribution in [-0.2, 0) is 11.8 Å². The number of benzene rings is 1. The molecule has 126 valence electrons. The summed E-state index contributed by atoms with van der Waals surface area (Å²) in [7, 11) is 4.08. The molecule has 0 aliphatic carbocycles. The maximum Gasteiger partial charge on any atom is 0.247 e. The second-order valence-electron chi connectivity index (χ2n) is 6.52. The lowest BCUT2D eigenvalue weighted by atomic mass is 10.2. The van der Waals surface area contributed by atoms with E-state index in [9.17, 15) is 0 Å². The lowest BCUT2D eigenvalue weighted by Crippen LogP contribution is -2.40. The number of rotatable bonds is 2. The van der Waals surface area contributed by atoms with Gasteiger partial charge in [-0.15, -0.1) is 10.2 Å². The molecule has 0 N–H and O–H groups in total. The molecule has 1 aromatic carbocycles. The summed E-state index contributed by atoms with van der Waals surface area (Å²) in [6, 6.07) is 5.99. The third-order valence-electron chi connectivity index (χ3n) is 4.51. The maximum atomic E-state index is 5.93. The fourth-order valence-corrected chi connectivity index (χ4v) is 3.23. The molecule has 3 heterocycles. The lowest BCUT2D eigenvalue weighted by molar-refractivity contribution is -0.0821. The Kier molecular flexibility index (Phi) is 3.62. The first-order valence-electron chi connectivity index (χ1n) is 8.12. The van der Waals surface area contributed by atoms with Gasteiger partial charge in [0.1, 0.15) is 11.9 Å². The summed E-state index contributed by atoms with van der Waals surface area (Å²) in [5.41, 5.74) is 2.88. The summed E-state index contributed by atoms with van der Waals surface area (Å²) in [5.74, 6) is 2.00. The van der Waals surface area contributed by atoms with E-state index in [1.807, 2.05) is 32.2 Å². The number of aromatic nitrogens is 4. The third-order valence-corrected chi connectivity index (χ3v) is 4.51. The predicted octanol–water partition coefficient (Wildman–Crippen LogP) is 2.32. The van der Waals surface area contributed by atoms with E-state index in [2.05, 4.69) is 38.6 Å². The Labute approximate surface area is 140 Å². The van der Waals surface area contributed by atoms with Crippen molar-refractivity contribution in [2.75, 3.05) is 20.1 Å². The van der Waals surface area contributed by atoms with Gasteiger partial charge in [0.2, 0.25) is 11.8 Å². The smallest absolute Gasteiger partial charge is 0.247 e. The van der Waals surface area contributed by atoms with Gasteiger partial charge in [0, 0.05) is 25.7 Å². The summed E-state index contributed by atoms with van der Waals surface area (Å²) in [6.45, 7) is 5.71. The van der Waals surface area contributed by atoms with Crippen molar-refractivity contribution in [2.24, 2.45) is 7.05 Å². The predicted molar refractivity (Wildman–Crippen MR) is 89.5 cm³/mol. The topological polar surface area (TPSA) is 69.2 Å². The van der Waals surface area contributed by atoms with Crippen molar-refractivity contribution in [3.63, 3.8) is 0 Å². The zero-order valence-electron chi connectivity index (χ0n) is 14.4. The molecule has 0 spiro atoms. The van der Waals surface area contributed by atoms with Crippen molar-refractivity contribution >= 4 is 11.0 Å². The molecule has 0 amide bonds. The van der Waals surface area contributed by atoms with E-state index in [1.165, 1.54) is 0 Å². The molecule has 7 nitrogen and oxygen atoms in total. The van der Waals surface area contributed by atoms with Crippen LogP contribution in [0.1, 0.15) is 24.7 Å². The maximum absolute atomic E-state index is 5.93. The Hall–Kier alpha value is -2.25. The molecule has 1 saturated heterocycles. The number of hydrogen-bond donors (Lipinski definition) is 0. The van der Waals surface area contributed by atoms with Crippen molar-refractivity contribution < 1.29 is 9.15 Å². The lowest BCUT2D eigenvalue weighted by Gasteiger charge is -2.32. The van der Waals surface area contributed by atoms with Crippen LogP contribution in [0.4, 0.5) is 0 Å². The summed E-state index contributed by atoms with van der Waals surface area (Å²) >= 11 is 0. The molecule has 0 bridgehead atoms. The number of aryl methyl sites for hydroxylation is 2. The normalized spacial score (nSPS) is 22.3. The van der Waals surface area contributed by atoms with Crippen LogP contribution in [0.3, 0.4) is 0 Å². The van der Waals surface area contributed by atoms with Crippen LogP contribution in [0.2, 0.25) is 0 Å². The molecular weight excluding hydrogens is 306 g/mol. The zero-order valence-corrected chi connectivity index (χ0v) is 14.4. The number of likely N-dealkylation sites (N-methyl/N-ethyl adjacent to an activating group) is 1. The summed E-state index contributed by atoms with van der Waals surface area (Å²) in [6.07, 6.45) is -0.0298. The Morgan fingerprint density at radius 1 is 1.17 bits per heavy atom. The molecular formula is C17H21N5O2. The zero-order chi connectivity index (χ0) is 16.8. The molecule has 1 fully saturated rings. The van der Waals surface area contributed by atoms with Gasteiger partial charge in [-0.2, -0.15) is 0 Å². The van der Waals surface area contributed by atoms with Gasteiger partial charge in [-0.25, -0.2) is 4.98 Å². The van der Waals surface area contributed by atoms with Crippen LogP contribution in [0.5, 0.6) is 0 Å². The number of nitrogens with zero attached hydrogens (tertiary/aromatic N) is 5. The number of hydrogen-bond acceptors (Lipinski definition) is 6. The van der Waals surface area contributed by atoms with Gasteiger partial charge >= 0.3 is 0 Å². The Morgan fingerprint density at radius 2 is 2.00 bits per heavy atom. The molecule has 0 radical (unpaired) electrons. The van der Waals surface area contributed by atoms with E-state index in [0.717, 1.165) is 35.5 Å². The Balaban J connectivity index is 1.65. The van der Waals surface area contributed by atoms with E-state index in [1.54, 1.807) is 0 Å². The van der Waals surface area contributed by atoms with Crippen molar-refractivity contribution in [1.29, 1.82) is 0 Å². The van der Waals surface area contributed by atoms with Crippen LogP contribution >= 0.6 is 0 Å². The van der Waals surface area contributed by atoms with E-state index < -0.39 is 0 Å². The molecule has 2 atom stereocenters. The highest BCUT2D eigenvalue weighted by molar-refractivity contribution is 5.80. The minimum Gasteiger partial charge on any atom is -0.418 e. The van der Waals surface area contributed by atoms with E-state index in [-0.39, 0.29) is 12.2 Å². The van der Waals surface area contributed by atoms with Gasteiger partial charge in [-0.1, -0.05) is 0 Å². The van der Waals surface area contributed by atoms with Crippen molar-refractivity contribution in [1.82, 2.24) is 24.6 Å². The van der Waals surface area contributed by atoms with Gasteiger partial charge in [0.05, 0.1) is 17.1 Å². The van der Waals surface area contributed by atoms with Crippen LogP contribution < -0.4 is 0 Å². The van der Waals surface area contributed by atoms with Gasteiger partial charge in [0.25, 0.3) is 0 Å². The highest BCUT2D eigenvalue weighted by Crippen LogP contribution is 2.28. The monoisotopic (exact) mass is 327 g/mol. The number of fused-ring (bicyclic) bond motifs is 1. The average molecular weight is 327 g/mol. The van der Waals surface area contributed by atoms with Crippen LogP contribution in [0, 0.1) is 6.92 Å². The van der Waals surface area contributed by atoms with Crippen LogP contribution in [0.25, 0.3) is 22.5 Å². The number of ether oxygens (including phenoxy) is 1. The first-order chi connectivity index (χ1) is 11.5. The summed E-state index contributed by atoms with van der Waals surface area (Å²) in [4.78, 5) is 6.77. The molecule has 24 heavy (non-hydrogen) atoms. The molecule has 4 rings (SSSR count). The summed E-state index contributed by atoms with van der Waals surface area (Å²) < 4.78 is 13.9. The van der Waals surface area contributed by atoms with Crippen molar-refractivity contribution in [3.8, 4) is 11.5 Å².